The molecule has 0 aliphatic rings. The largest absolute Gasteiger partial charge is 0.496 e. The minimum Gasteiger partial charge on any atom is -0.496 e. The summed E-state index contributed by atoms with van der Waals surface area (Å²) in [7, 11) is 3.40. The quantitative estimate of drug-likeness (QED) is 0.851. The Morgan fingerprint density at radius 2 is 2.29 bits per heavy atom. The van der Waals surface area contributed by atoms with E-state index in [1.54, 1.807) is 19.4 Å². The lowest BCUT2D eigenvalue weighted by Gasteiger charge is -2.05. The fourth-order valence-corrected chi connectivity index (χ4v) is 1.64. The molecule has 0 aliphatic heterocycles. The van der Waals surface area contributed by atoms with Crippen molar-refractivity contribution in [3.8, 4) is 17.1 Å². The molecule has 4 nitrogen and oxygen atoms in total. The first-order valence-electron chi connectivity index (χ1n) is 5.27. The number of aromatic amines is 1. The van der Waals surface area contributed by atoms with Crippen LogP contribution in [0.1, 0.15) is 5.69 Å². The molecule has 2 N–H and O–H groups in total. The van der Waals surface area contributed by atoms with Gasteiger partial charge >= 0.3 is 0 Å². The van der Waals surface area contributed by atoms with Gasteiger partial charge in [0.05, 0.1) is 12.7 Å². The first-order valence-corrected chi connectivity index (χ1v) is 5.27. The van der Waals surface area contributed by atoms with Crippen LogP contribution in [-0.4, -0.2) is 24.1 Å². The molecular weight excluding hydrogens is 221 g/mol. The molecule has 2 aromatic rings. The molecular formula is C12H14FN3O. The predicted molar refractivity (Wildman–Crippen MR) is 63.3 cm³/mol. The van der Waals surface area contributed by atoms with Crippen LogP contribution in [0.15, 0.2) is 24.4 Å². The van der Waals surface area contributed by atoms with Crippen LogP contribution in [0, 0.1) is 5.82 Å². The van der Waals surface area contributed by atoms with E-state index < -0.39 is 0 Å². The number of nitrogens with one attached hydrogen (secondary N) is 2. The van der Waals surface area contributed by atoms with E-state index in [9.17, 15) is 4.39 Å². The molecule has 0 saturated heterocycles. The minimum absolute atomic E-state index is 0.313. The maximum Gasteiger partial charge on any atom is 0.141 e. The van der Waals surface area contributed by atoms with Gasteiger partial charge in [-0.1, -0.05) is 0 Å². The van der Waals surface area contributed by atoms with Crippen molar-refractivity contribution >= 4 is 0 Å². The summed E-state index contributed by atoms with van der Waals surface area (Å²) >= 11 is 0. The van der Waals surface area contributed by atoms with Crippen molar-refractivity contribution in [2.75, 3.05) is 14.2 Å². The Labute approximate surface area is 98.8 Å². The zero-order valence-electron chi connectivity index (χ0n) is 9.75. The molecule has 0 amide bonds. The van der Waals surface area contributed by atoms with Gasteiger partial charge in [0.15, 0.2) is 0 Å². The van der Waals surface area contributed by atoms with Crippen molar-refractivity contribution in [3.63, 3.8) is 0 Å². The molecule has 0 spiro atoms. The van der Waals surface area contributed by atoms with E-state index in [2.05, 4.69) is 15.3 Å². The monoisotopic (exact) mass is 235 g/mol. The van der Waals surface area contributed by atoms with Crippen LogP contribution in [0.25, 0.3) is 11.4 Å². The second-order valence-electron chi connectivity index (χ2n) is 3.63. The second kappa shape index (κ2) is 4.97. The summed E-state index contributed by atoms with van der Waals surface area (Å²) in [5.74, 6) is 0.885. The van der Waals surface area contributed by atoms with Crippen molar-refractivity contribution in [1.29, 1.82) is 0 Å². The van der Waals surface area contributed by atoms with Crippen molar-refractivity contribution in [1.82, 2.24) is 15.3 Å². The van der Waals surface area contributed by atoms with E-state index in [0.717, 1.165) is 5.69 Å². The number of benzene rings is 1. The number of ether oxygens (including phenoxy) is 1. The van der Waals surface area contributed by atoms with Gasteiger partial charge in [0.25, 0.3) is 0 Å². The van der Waals surface area contributed by atoms with Crippen molar-refractivity contribution in [2.45, 2.75) is 6.54 Å². The molecule has 17 heavy (non-hydrogen) atoms. The van der Waals surface area contributed by atoms with Gasteiger partial charge in [-0.25, -0.2) is 9.37 Å². The molecule has 5 heteroatoms. The number of imidazole rings is 1. The maximum atomic E-state index is 13.2. The molecule has 1 aromatic carbocycles. The molecule has 0 bridgehead atoms. The number of aromatic nitrogens is 2. The second-order valence-corrected chi connectivity index (χ2v) is 3.63. The summed E-state index contributed by atoms with van der Waals surface area (Å²) in [5.41, 5.74) is 1.56. The Hall–Kier alpha value is -1.88. The van der Waals surface area contributed by atoms with E-state index in [4.69, 9.17) is 4.74 Å². The number of hydrogen-bond acceptors (Lipinski definition) is 3. The van der Waals surface area contributed by atoms with Crippen LogP contribution in [0.3, 0.4) is 0 Å². The molecule has 90 valence electrons. The first-order chi connectivity index (χ1) is 8.24. The molecule has 0 unspecified atom stereocenters. The lowest BCUT2D eigenvalue weighted by molar-refractivity contribution is 0.415. The standard InChI is InChI=1S/C12H14FN3O/c1-14-6-9-7-15-12(16-9)10-5-8(13)3-4-11(10)17-2/h3-5,7,14H,6H2,1-2H3,(H,15,16). The van der Waals surface area contributed by atoms with E-state index >= 15 is 0 Å². The highest BCUT2D eigenvalue weighted by molar-refractivity contribution is 5.64. The number of methoxy groups -OCH3 is 1. The lowest BCUT2D eigenvalue weighted by Crippen LogP contribution is -2.04. The van der Waals surface area contributed by atoms with Crippen molar-refractivity contribution in [2.24, 2.45) is 0 Å². The van der Waals surface area contributed by atoms with Gasteiger partial charge < -0.3 is 15.0 Å². The molecule has 0 aliphatic carbocycles. The van der Waals surface area contributed by atoms with Gasteiger partial charge in [-0.3, -0.25) is 0 Å². The van der Waals surface area contributed by atoms with E-state index in [-0.39, 0.29) is 5.82 Å². The molecule has 0 radical (unpaired) electrons. The van der Waals surface area contributed by atoms with Gasteiger partial charge in [0, 0.05) is 18.4 Å². The fraction of sp³-hybridized carbons (Fsp3) is 0.250. The number of halogens is 1. The molecule has 2 rings (SSSR count). The molecule has 0 fully saturated rings. The topological polar surface area (TPSA) is 49.9 Å². The zero-order chi connectivity index (χ0) is 12.3. The van der Waals surface area contributed by atoms with Gasteiger partial charge in [-0.2, -0.15) is 0 Å². The minimum atomic E-state index is -0.313. The average molecular weight is 235 g/mol. The Balaban J connectivity index is 2.40. The Morgan fingerprint density at radius 3 is 3.00 bits per heavy atom. The highest BCUT2D eigenvalue weighted by atomic mass is 19.1. The summed E-state index contributed by atoms with van der Waals surface area (Å²) in [5, 5.41) is 3.01. The van der Waals surface area contributed by atoms with Crippen LogP contribution in [0.2, 0.25) is 0 Å². The van der Waals surface area contributed by atoms with Gasteiger partial charge in [0.1, 0.15) is 17.4 Å². The Kier molecular flexibility index (Phi) is 3.39. The maximum absolute atomic E-state index is 13.2. The average Bonchev–Trinajstić information content (AvgIpc) is 2.78. The lowest BCUT2D eigenvalue weighted by atomic mass is 10.2. The fourth-order valence-electron chi connectivity index (χ4n) is 1.64. The first kappa shape index (κ1) is 11.6. The molecule has 0 saturated carbocycles. The Bertz CT molecular complexity index is 510. The third-order valence-corrected chi connectivity index (χ3v) is 2.41. The van der Waals surface area contributed by atoms with Crippen LogP contribution >= 0.6 is 0 Å². The van der Waals surface area contributed by atoms with Crippen LogP contribution in [-0.2, 0) is 6.54 Å². The van der Waals surface area contributed by atoms with Crippen molar-refractivity contribution < 1.29 is 9.13 Å². The van der Waals surface area contributed by atoms with E-state index in [1.807, 2.05) is 7.05 Å². The number of hydrogen-bond donors (Lipinski definition) is 2. The summed E-state index contributed by atoms with van der Waals surface area (Å²) < 4.78 is 18.4. The number of H-pyrrole nitrogens is 1. The van der Waals surface area contributed by atoms with Crippen LogP contribution in [0.4, 0.5) is 4.39 Å². The van der Waals surface area contributed by atoms with Gasteiger partial charge in [-0.15, -0.1) is 0 Å². The van der Waals surface area contributed by atoms with E-state index in [0.29, 0.717) is 23.7 Å². The summed E-state index contributed by atoms with van der Waals surface area (Å²) in [6.45, 7) is 0.685. The SMILES string of the molecule is CNCc1cnc(-c2cc(F)ccc2OC)[nH]1. The smallest absolute Gasteiger partial charge is 0.141 e. The summed E-state index contributed by atoms with van der Waals surface area (Å²) in [6, 6.07) is 4.35. The Morgan fingerprint density at radius 1 is 1.47 bits per heavy atom. The molecule has 0 atom stereocenters. The van der Waals surface area contributed by atoms with Gasteiger partial charge in [0.2, 0.25) is 0 Å². The highest BCUT2D eigenvalue weighted by Gasteiger charge is 2.10. The van der Waals surface area contributed by atoms with Crippen LogP contribution in [0.5, 0.6) is 5.75 Å². The molecule has 1 aromatic heterocycles. The third-order valence-electron chi connectivity index (χ3n) is 2.41. The van der Waals surface area contributed by atoms with Gasteiger partial charge in [-0.05, 0) is 25.2 Å². The van der Waals surface area contributed by atoms with E-state index in [1.165, 1.54) is 12.1 Å². The molecule has 1 heterocycles. The summed E-state index contributed by atoms with van der Waals surface area (Å²) in [4.78, 5) is 7.32. The predicted octanol–water partition coefficient (Wildman–Crippen LogP) is 1.94. The van der Waals surface area contributed by atoms with Crippen molar-refractivity contribution in [3.05, 3.63) is 35.9 Å². The number of nitrogens with zero attached hydrogens (tertiary/aromatic N) is 1. The third kappa shape index (κ3) is 2.45. The summed E-state index contributed by atoms with van der Waals surface area (Å²) in [6.07, 6.45) is 1.72. The highest BCUT2D eigenvalue weighted by Crippen LogP contribution is 2.28. The number of rotatable bonds is 4. The zero-order valence-corrected chi connectivity index (χ0v) is 9.75. The normalized spacial score (nSPS) is 10.5. The van der Waals surface area contributed by atoms with Crippen LogP contribution < -0.4 is 10.1 Å².